The van der Waals surface area contributed by atoms with Crippen LogP contribution < -0.4 is 20.7 Å². The fourth-order valence-electron chi connectivity index (χ4n) is 6.04. The lowest BCUT2D eigenvalue weighted by Crippen LogP contribution is -2.56. The van der Waals surface area contributed by atoms with Crippen molar-refractivity contribution < 1.29 is 14.6 Å². The smallest absolute Gasteiger partial charge is 0.267 e. The number of hydrogen-bond acceptors (Lipinski definition) is 11. The largest absolute Gasteiger partial charge is 0.473 e. The van der Waals surface area contributed by atoms with E-state index in [-0.39, 0.29) is 24.2 Å². The minimum atomic E-state index is -0.181. The van der Waals surface area contributed by atoms with Gasteiger partial charge in [-0.1, -0.05) is 0 Å². The average Bonchev–Trinajstić information content (AvgIpc) is 3.48. The van der Waals surface area contributed by atoms with E-state index in [0.717, 1.165) is 68.9 Å². The molecule has 1 atom stereocenters. The minimum Gasteiger partial charge on any atom is -0.473 e. The number of nitrogens with two attached hydrogens (primary N) is 1. The zero-order valence-electron chi connectivity index (χ0n) is 21.9. The molecule has 4 N–H and O–H groups in total. The highest BCUT2D eigenvalue weighted by atomic mass is 32.1. The van der Waals surface area contributed by atoms with Crippen LogP contribution in [0.5, 0.6) is 5.88 Å². The van der Waals surface area contributed by atoms with Crippen molar-refractivity contribution >= 4 is 34.3 Å². The molecule has 5 heterocycles. The maximum atomic E-state index is 13.4. The Bertz CT molecular complexity index is 1400. The van der Waals surface area contributed by atoms with Crippen LogP contribution in [0.4, 0.5) is 11.5 Å². The molecule has 1 aliphatic carbocycles. The Morgan fingerprint density at radius 2 is 2.05 bits per heavy atom. The van der Waals surface area contributed by atoms with E-state index in [1.807, 2.05) is 6.92 Å². The van der Waals surface area contributed by atoms with Crippen LogP contribution in [0.1, 0.15) is 58.9 Å². The molecule has 39 heavy (non-hydrogen) atoms. The molecular formula is C26H33N9O3S. The number of amides is 1. The Morgan fingerprint density at radius 1 is 1.26 bits per heavy atom. The van der Waals surface area contributed by atoms with Crippen molar-refractivity contribution in [3.63, 3.8) is 0 Å². The number of piperidine rings is 1. The third kappa shape index (κ3) is 5.11. The Hall–Kier alpha value is -3.47. The number of nitriles is 1. The number of aliphatic hydroxyl groups is 1. The van der Waals surface area contributed by atoms with E-state index in [4.69, 9.17) is 10.5 Å². The predicted molar refractivity (Wildman–Crippen MR) is 146 cm³/mol. The molecule has 12 nitrogen and oxygen atoms in total. The summed E-state index contributed by atoms with van der Waals surface area (Å²) in [6.07, 6.45) is 6.79. The summed E-state index contributed by atoms with van der Waals surface area (Å²) in [6, 6.07) is 4.37. The van der Waals surface area contributed by atoms with Gasteiger partial charge in [0.05, 0.1) is 16.8 Å². The number of thiazole rings is 1. The molecule has 0 spiro atoms. The lowest BCUT2D eigenvalue weighted by atomic mass is 9.90. The van der Waals surface area contributed by atoms with Gasteiger partial charge in [0.25, 0.3) is 5.91 Å². The standard InChI is InChI=1S/C26H33N9O3S/c1-15-31-26(38-20-6-4-17(5-7-20)34-12-19(36)13-34)23(39-15)25(37)32-16-3-2-8-33(11-16)21-9-18(10-27)35-22(21)24(28)29-14-30-35/h9,14,16-17,19-20,36H,2-8,11-13H2,1H3,(H,32,37)(H2,28,29,30)/t16-,17?,20?/m1/s1. The van der Waals surface area contributed by atoms with Crippen LogP contribution in [0.15, 0.2) is 12.4 Å². The Kier molecular flexibility index (Phi) is 7.01. The van der Waals surface area contributed by atoms with Crippen LogP contribution in [0.3, 0.4) is 0 Å². The maximum Gasteiger partial charge on any atom is 0.267 e. The molecule has 3 aliphatic rings. The molecule has 1 amide bonds. The third-order valence-electron chi connectivity index (χ3n) is 8.01. The molecule has 13 heteroatoms. The van der Waals surface area contributed by atoms with Crippen molar-refractivity contribution in [2.45, 2.75) is 69.7 Å². The topological polar surface area (TPSA) is 158 Å². The first-order chi connectivity index (χ1) is 18.9. The number of anilines is 2. The summed E-state index contributed by atoms with van der Waals surface area (Å²) in [4.78, 5) is 27.1. The molecular weight excluding hydrogens is 518 g/mol. The number of fused-ring (bicyclic) bond motifs is 1. The fraction of sp³-hybridized carbons (Fsp3) is 0.577. The molecule has 3 aromatic heterocycles. The first-order valence-corrected chi connectivity index (χ1v) is 14.4. The molecule has 2 aliphatic heterocycles. The molecule has 0 bridgehead atoms. The van der Waals surface area contributed by atoms with Crippen LogP contribution in [0.25, 0.3) is 5.52 Å². The number of carbonyl (C=O) groups is 1. The summed E-state index contributed by atoms with van der Waals surface area (Å²) in [5, 5.41) is 27.3. The first kappa shape index (κ1) is 25.8. The van der Waals surface area contributed by atoms with Gasteiger partial charge in [-0.15, -0.1) is 11.3 Å². The molecule has 206 valence electrons. The molecule has 0 radical (unpaired) electrons. The number of hydrogen-bond donors (Lipinski definition) is 3. The van der Waals surface area contributed by atoms with Gasteiger partial charge in [0.1, 0.15) is 29.7 Å². The summed E-state index contributed by atoms with van der Waals surface area (Å²) < 4.78 is 7.80. The van der Waals surface area contributed by atoms with Gasteiger partial charge in [-0.2, -0.15) is 10.4 Å². The lowest BCUT2D eigenvalue weighted by Gasteiger charge is -2.44. The summed E-state index contributed by atoms with van der Waals surface area (Å²) in [5.41, 5.74) is 7.94. The highest BCUT2D eigenvalue weighted by molar-refractivity contribution is 7.13. The van der Waals surface area contributed by atoms with Gasteiger partial charge in [-0.25, -0.2) is 14.5 Å². The highest BCUT2D eigenvalue weighted by Gasteiger charge is 2.35. The molecule has 0 aromatic carbocycles. The second-order valence-corrected chi connectivity index (χ2v) is 11.9. The number of rotatable bonds is 6. The van der Waals surface area contributed by atoms with Crippen molar-refractivity contribution in [2.75, 3.05) is 36.8 Å². The number of likely N-dealkylation sites (tertiary alicyclic amines) is 1. The SMILES string of the molecule is Cc1nc(OC2CCC(N3CC(O)C3)CC2)c(C(=O)N[C@@H]2CCCN(c3cc(C#N)n4ncnc(N)c34)C2)s1. The van der Waals surface area contributed by atoms with Gasteiger partial charge < -0.3 is 25.8 Å². The summed E-state index contributed by atoms with van der Waals surface area (Å²) >= 11 is 1.36. The van der Waals surface area contributed by atoms with Gasteiger partial charge in [0.15, 0.2) is 10.7 Å². The zero-order valence-corrected chi connectivity index (χ0v) is 22.7. The number of nitrogens with one attached hydrogen (secondary N) is 1. The number of ether oxygens (including phenoxy) is 1. The molecule has 2 saturated heterocycles. The number of nitrogens with zero attached hydrogens (tertiary/aromatic N) is 7. The minimum absolute atomic E-state index is 0.0378. The van der Waals surface area contributed by atoms with Crippen LogP contribution in [0.2, 0.25) is 0 Å². The number of aromatic nitrogens is 4. The van der Waals surface area contributed by atoms with Gasteiger partial charge in [0.2, 0.25) is 5.88 Å². The molecule has 6 rings (SSSR count). The molecule has 0 unspecified atom stereocenters. The Labute approximate surface area is 230 Å². The lowest BCUT2D eigenvalue weighted by molar-refractivity contribution is -0.0410. The van der Waals surface area contributed by atoms with E-state index in [1.165, 1.54) is 22.2 Å². The highest BCUT2D eigenvalue weighted by Crippen LogP contribution is 2.33. The summed E-state index contributed by atoms with van der Waals surface area (Å²) in [7, 11) is 0. The van der Waals surface area contributed by atoms with Crippen molar-refractivity contribution in [1.29, 1.82) is 5.26 Å². The van der Waals surface area contributed by atoms with Crippen LogP contribution in [-0.4, -0.2) is 86.0 Å². The van der Waals surface area contributed by atoms with E-state index < -0.39 is 0 Å². The van der Waals surface area contributed by atoms with Crippen LogP contribution >= 0.6 is 11.3 Å². The third-order valence-corrected chi connectivity index (χ3v) is 8.96. The van der Waals surface area contributed by atoms with E-state index in [1.54, 1.807) is 6.07 Å². The van der Waals surface area contributed by atoms with Gasteiger partial charge in [-0.3, -0.25) is 9.69 Å². The summed E-state index contributed by atoms with van der Waals surface area (Å²) in [6.45, 7) is 4.78. The van der Waals surface area contributed by atoms with Crippen molar-refractivity contribution in [3.8, 4) is 11.9 Å². The van der Waals surface area contributed by atoms with Gasteiger partial charge in [-0.05, 0) is 45.4 Å². The van der Waals surface area contributed by atoms with Gasteiger partial charge >= 0.3 is 0 Å². The second-order valence-electron chi connectivity index (χ2n) is 10.7. The maximum absolute atomic E-state index is 13.4. The quantitative estimate of drug-likeness (QED) is 0.412. The van der Waals surface area contributed by atoms with Crippen molar-refractivity contribution in [2.24, 2.45) is 0 Å². The number of carbonyl (C=O) groups excluding carboxylic acids is 1. The van der Waals surface area contributed by atoms with Crippen LogP contribution in [0, 0.1) is 18.3 Å². The van der Waals surface area contributed by atoms with E-state index >= 15 is 0 Å². The fourth-order valence-corrected chi connectivity index (χ4v) is 6.79. The van der Waals surface area contributed by atoms with Gasteiger partial charge in [0, 0.05) is 44.3 Å². The van der Waals surface area contributed by atoms with Crippen molar-refractivity contribution in [1.82, 2.24) is 29.8 Å². The number of β-amino-alcohol motifs (C(OH)–C–C–N with tert-alkyl or cyclic N) is 1. The van der Waals surface area contributed by atoms with E-state index in [9.17, 15) is 15.2 Å². The first-order valence-electron chi connectivity index (χ1n) is 13.5. The molecule has 3 aromatic rings. The Morgan fingerprint density at radius 3 is 2.79 bits per heavy atom. The normalized spacial score (nSPS) is 24.3. The number of aliphatic hydroxyl groups excluding tert-OH is 1. The average molecular weight is 552 g/mol. The predicted octanol–water partition coefficient (Wildman–Crippen LogP) is 1.71. The number of nitrogen functional groups attached to an aromatic ring is 1. The zero-order chi connectivity index (χ0) is 27.1. The van der Waals surface area contributed by atoms with E-state index in [2.05, 4.69) is 36.3 Å². The second kappa shape index (κ2) is 10.6. The summed E-state index contributed by atoms with van der Waals surface area (Å²) in [5.74, 6) is 0.562. The monoisotopic (exact) mass is 551 g/mol. The van der Waals surface area contributed by atoms with Crippen LogP contribution in [-0.2, 0) is 0 Å². The Balaban J connectivity index is 1.11. The van der Waals surface area contributed by atoms with E-state index in [0.29, 0.717) is 40.4 Å². The number of aryl methyl sites for hydroxylation is 1. The molecule has 3 fully saturated rings. The van der Waals surface area contributed by atoms with Crippen molar-refractivity contribution in [3.05, 3.63) is 28.0 Å². The molecule has 1 saturated carbocycles.